The molecule has 0 saturated carbocycles. The van der Waals surface area contributed by atoms with E-state index in [-0.39, 0.29) is 65.7 Å². The summed E-state index contributed by atoms with van der Waals surface area (Å²) < 4.78 is 10.1. The fourth-order valence-electron chi connectivity index (χ4n) is 9.45. The maximum atomic E-state index is 13.0. The second-order valence-corrected chi connectivity index (χ2v) is 27.4. The monoisotopic (exact) mass is 1520 g/mol. The lowest BCUT2D eigenvalue weighted by atomic mass is 9.80. The number of phenolic OH excluding ortho intramolecular Hbond substituents is 6. The number of aromatic hydroxyl groups is 6. The molecule has 12 rings (SSSR count). The molecule has 3 heterocycles. The Hall–Kier alpha value is -10.1. The van der Waals surface area contributed by atoms with E-state index in [1.807, 2.05) is 0 Å². The van der Waals surface area contributed by atoms with Crippen molar-refractivity contribution in [3.05, 3.63) is 271 Å². The van der Waals surface area contributed by atoms with E-state index in [0.717, 1.165) is 5.56 Å². The zero-order valence-corrected chi connectivity index (χ0v) is 55.2. The molecule has 0 radical (unpaired) electrons. The average molecular weight is 1520 g/mol. The number of fused-ring (bicyclic) bond motifs is 3. The highest BCUT2D eigenvalue weighted by Gasteiger charge is 2.18. The molecule has 10 N–H and O–H groups in total. The number of ketones is 1. The first kappa shape index (κ1) is 69.8. The normalized spacial score (nSPS) is 10.5. The van der Waals surface area contributed by atoms with Crippen LogP contribution >= 0.6 is 63.2 Å². The molecule has 0 spiro atoms. The molecular weight excluding hydrogens is 1470 g/mol. The second kappa shape index (κ2) is 31.5. The topological polar surface area (TPSA) is 329 Å². The number of phenols is 6. The Labute approximate surface area is 567 Å². The minimum atomic E-state index is -1.53. The number of aliphatic hydroxyl groups is 1. The molecule has 0 saturated heterocycles. The maximum Gasteiger partial charge on any atom is 0.488 e. The number of aromatic carboxylic acids is 1. The summed E-state index contributed by atoms with van der Waals surface area (Å²) >= 11 is 12.7. The number of carboxylic acid groups (broad SMARTS) is 1. The number of rotatable bonds is 10. The highest BCUT2D eigenvalue weighted by molar-refractivity contribution is 9.69. The van der Waals surface area contributed by atoms with Crippen LogP contribution in [0.15, 0.2) is 238 Å². The number of hydrogen-bond donors (Lipinski definition) is 10. The number of esters is 1. The molecule has 0 fully saturated rings. The number of methoxy groups -OCH3 is 1. The van der Waals surface area contributed by atoms with Gasteiger partial charge in [-0.3, -0.25) is 32.9 Å². The van der Waals surface area contributed by atoms with Crippen molar-refractivity contribution in [3.63, 3.8) is 0 Å². The molecule has 3 aromatic heterocycles. The Morgan fingerprint density at radius 1 is 0.426 bits per heavy atom. The van der Waals surface area contributed by atoms with Crippen LogP contribution in [0.2, 0.25) is 0 Å². The van der Waals surface area contributed by atoms with Gasteiger partial charge >= 0.3 is 22.2 Å². The van der Waals surface area contributed by atoms with Gasteiger partial charge in [-0.2, -0.15) is 0 Å². The number of benzene rings is 9. The third-order valence-electron chi connectivity index (χ3n) is 14.1. The van der Waals surface area contributed by atoms with E-state index in [4.69, 9.17) is 25.0 Å². The van der Waals surface area contributed by atoms with E-state index < -0.39 is 25.7 Å². The van der Waals surface area contributed by atoms with Gasteiger partial charge in [-0.15, -0.1) is 47.3 Å². The van der Waals surface area contributed by atoms with Crippen molar-refractivity contribution in [1.82, 2.24) is 13.7 Å². The number of pyridine rings is 3. The smallest absolute Gasteiger partial charge is 0.488 e. The molecule has 0 unspecified atom stereocenters. The zero-order valence-electron chi connectivity index (χ0n) is 48.8. The van der Waals surface area contributed by atoms with Crippen LogP contribution in [0.3, 0.4) is 0 Å². The van der Waals surface area contributed by atoms with Crippen molar-refractivity contribution < 1.29 is 70.0 Å². The van der Waals surface area contributed by atoms with Crippen LogP contribution in [-0.4, -0.2) is 106 Å². The van der Waals surface area contributed by atoms with Gasteiger partial charge in [0.05, 0.1) is 18.2 Å². The molecule has 26 heteroatoms. The van der Waals surface area contributed by atoms with Crippen LogP contribution in [0, 0.1) is 0 Å². The third kappa shape index (κ3) is 17.2. The minimum Gasteiger partial charge on any atom is -0.508 e. The number of hydrogen-bond acceptors (Lipinski definition) is 16. The molecule has 474 valence electrons. The van der Waals surface area contributed by atoms with E-state index in [2.05, 4.69) is 63.2 Å². The first-order valence-corrected chi connectivity index (χ1v) is 31.1. The Morgan fingerprint density at radius 2 is 0.745 bits per heavy atom. The number of carbonyl (C=O) groups is 3. The standard InChI is InChI=1S/C23H17NO5.C22H15NO5.C15H10BrNO3.C8H9BO4.BBr3/c1-29-23(28)15-4-2-14(3-5-15)21-13-24(16-6-8-17(25)9-7-16)22(27)19-11-10-18(26)12-20(19)21;24-16-7-5-15(6-8-16)23-12-20(13-1-3-14(4-2-13)22(27)28)19-11-17(25)9-10-18(19)21(23)26;16-14-8-17(9-1-3-10(18)4-2-9)15(20)12-6-5-11(19)7-13(12)14;10-5-8(11)6-1-3-7(4-2-6)9(12)13;2-1(3)4/h2-13,25-26H,1H3;1-12,24-25H,(H,27,28);1-8,18-19H;1-4,10,12-13H,5H2;. The van der Waals surface area contributed by atoms with Crippen molar-refractivity contribution in [1.29, 1.82) is 0 Å². The quantitative estimate of drug-likeness (QED) is 0.0345. The molecule has 0 atom stereocenters. The maximum absolute atomic E-state index is 13.0. The number of carbonyl (C=O) groups excluding carboxylic acids is 2. The Kier molecular flexibility index (Phi) is 23.4. The lowest BCUT2D eigenvalue weighted by molar-refractivity contribution is 0.0599. The summed E-state index contributed by atoms with van der Waals surface area (Å²) in [7, 11) is -0.210. The molecule has 0 aliphatic carbocycles. The zero-order chi connectivity index (χ0) is 68.1. The van der Waals surface area contributed by atoms with Crippen LogP contribution in [-0.2, 0) is 4.74 Å². The van der Waals surface area contributed by atoms with Gasteiger partial charge < -0.3 is 55.6 Å². The summed E-state index contributed by atoms with van der Waals surface area (Å²) in [6.45, 7) is -0.541. The van der Waals surface area contributed by atoms with Crippen LogP contribution < -0.4 is 22.1 Å². The van der Waals surface area contributed by atoms with Crippen LogP contribution in [0.25, 0.3) is 71.6 Å². The number of halogens is 4. The lowest BCUT2D eigenvalue weighted by Gasteiger charge is -2.13. The van der Waals surface area contributed by atoms with E-state index in [9.17, 15) is 59.4 Å². The van der Waals surface area contributed by atoms with E-state index >= 15 is 0 Å². The molecule has 0 bridgehead atoms. The van der Waals surface area contributed by atoms with Crippen LogP contribution in [0.5, 0.6) is 34.5 Å². The largest absolute Gasteiger partial charge is 0.508 e. The fourth-order valence-corrected chi connectivity index (χ4v) is 9.98. The number of aromatic nitrogens is 3. The molecule has 9 aromatic carbocycles. The first-order chi connectivity index (χ1) is 44.8. The van der Waals surface area contributed by atoms with Crippen LogP contribution in [0.1, 0.15) is 31.1 Å². The fraction of sp³-hybridized carbons (Fsp3) is 0.0294. The van der Waals surface area contributed by atoms with Gasteiger partial charge in [-0.1, -0.05) is 48.5 Å². The molecule has 0 aliphatic rings. The molecule has 0 aliphatic heterocycles. The summed E-state index contributed by atoms with van der Waals surface area (Å²) in [4.78, 5) is 72.3. The first-order valence-electron chi connectivity index (χ1n) is 27.6. The van der Waals surface area contributed by atoms with Gasteiger partial charge in [0.15, 0.2) is 5.78 Å². The van der Waals surface area contributed by atoms with E-state index in [1.165, 1.54) is 118 Å². The Morgan fingerprint density at radius 3 is 1.09 bits per heavy atom. The average Bonchev–Trinajstić information content (AvgIpc) is 0.780. The van der Waals surface area contributed by atoms with Gasteiger partial charge in [-0.25, -0.2) is 9.59 Å². The van der Waals surface area contributed by atoms with Crippen molar-refractivity contribution in [2.75, 3.05) is 13.7 Å². The van der Waals surface area contributed by atoms with E-state index in [1.54, 1.807) is 122 Å². The summed E-state index contributed by atoms with van der Waals surface area (Å²) in [6, 6.07) is 51.5. The number of ether oxygens (including phenoxy) is 1. The van der Waals surface area contributed by atoms with Gasteiger partial charge in [-0.05, 0) is 184 Å². The van der Waals surface area contributed by atoms with Crippen molar-refractivity contribution >= 4 is 129 Å². The molecule has 20 nitrogen and oxygen atoms in total. The molecule has 0 amide bonds. The summed E-state index contributed by atoms with van der Waals surface area (Å²) in [5.41, 5.74) is 5.18. The van der Waals surface area contributed by atoms with Gasteiger partial charge in [0.2, 0.25) is 0 Å². The SMILES string of the molecule is BrB(Br)Br.COC(=O)c1ccc(-c2cn(-c3ccc(O)cc3)c(=O)c3ccc(O)cc23)cc1.O=C(CO)c1ccc(B(O)O)cc1.O=C(O)c1ccc(-c2cn(-c3ccc(O)cc3)c(=O)c3ccc(O)cc23)cc1.O=c1c2ccc(O)cc2c(Br)cn1-c1ccc(O)cc1. The van der Waals surface area contributed by atoms with E-state index in [0.29, 0.717) is 87.1 Å². The van der Waals surface area contributed by atoms with Crippen molar-refractivity contribution in [3.8, 4) is 73.8 Å². The molecule has 94 heavy (non-hydrogen) atoms. The van der Waals surface area contributed by atoms with Crippen molar-refractivity contribution in [2.24, 2.45) is 0 Å². The predicted octanol–water partition coefficient (Wildman–Crippen LogP) is 11.5. The number of carboxylic acids is 1. The number of Topliss-reactive ketones (excluding diaryl/α,β-unsaturated/α-hetero) is 1. The lowest BCUT2D eigenvalue weighted by Crippen LogP contribution is -2.29. The Balaban J connectivity index is 0.000000163. The third-order valence-corrected chi connectivity index (χ3v) is 14.7. The summed E-state index contributed by atoms with van der Waals surface area (Å²) in [5, 5.41) is 96.0. The summed E-state index contributed by atoms with van der Waals surface area (Å²) in [5.74, 6) is -1.33. The van der Waals surface area contributed by atoms with Gasteiger partial charge in [0, 0.05) is 89.1 Å². The number of aliphatic hydroxyl groups excluding tert-OH is 1. The van der Waals surface area contributed by atoms with Gasteiger partial charge in [0.25, 0.3) is 16.7 Å². The van der Waals surface area contributed by atoms with Crippen LogP contribution in [0.4, 0.5) is 0 Å². The van der Waals surface area contributed by atoms with Crippen molar-refractivity contribution in [2.45, 2.75) is 0 Å². The number of nitrogens with zero attached hydrogens (tertiary/aromatic N) is 3. The molecular formula is C68H51B2Br4N3O17. The highest BCUT2D eigenvalue weighted by atomic mass is 79.9. The van der Waals surface area contributed by atoms with Gasteiger partial charge in [0.1, 0.15) is 41.1 Å². The molecule has 12 aromatic rings. The minimum absolute atomic E-state index is 0.0256. The highest BCUT2D eigenvalue weighted by Crippen LogP contribution is 2.33. The Bertz CT molecular complexity index is 4920. The summed E-state index contributed by atoms with van der Waals surface area (Å²) in [6.07, 6.45) is 4.98. The predicted molar refractivity (Wildman–Crippen MR) is 376 cm³/mol. The second-order valence-electron chi connectivity index (χ2n) is 20.1.